The summed E-state index contributed by atoms with van der Waals surface area (Å²) in [6.07, 6.45) is -0.101. The average Bonchev–Trinajstić information content (AvgIpc) is 2.69. The van der Waals surface area contributed by atoms with E-state index in [9.17, 15) is 4.79 Å². The van der Waals surface area contributed by atoms with Gasteiger partial charge in [0.15, 0.2) is 0 Å². The molecule has 0 aliphatic carbocycles. The Morgan fingerprint density at radius 3 is 2.52 bits per heavy atom. The molecule has 1 heterocycles. The zero-order valence-electron chi connectivity index (χ0n) is 16.6. The van der Waals surface area contributed by atoms with Gasteiger partial charge in [0.05, 0.1) is 23.1 Å². The molecule has 0 saturated heterocycles. The smallest absolute Gasteiger partial charge is 0.257 e. The monoisotopic (exact) mass is 502 g/mol. The standard InChI is InChI=1S/C23H23IN2O3/c1-4-28-16(3)22-13-12-21(15(2)25-22)23(27)26-18-8-10-19(11-9-18)29-20-7-5-6-17(24)14-20/h5-14,16H,4H2,1-3H3,(H,26,27). The van der Waals surface area contributed by atoms with Crippen LogP contribution in [0.2, 0.25) is 0 Å². The van der Waals surface area contributed by atoms with Gasteiger partial charge in [-0.2, -0.15) is 0 Å². The van der Waals surface area contributed by atoms with E-state index in [0.717, 1.165) is 15.0 Å². The van der Waals surface area contributed by atoms with Gasteiger partial charge in [0.2, 0.25) is 0 Å². The van der Waals surface area contributed by atoms with Crippen LogP contribution in [0.25, 0.3) is 0 Å². The second kappa shape index (κ2) is 9.84. The van der Waals surface area contributed by atoms with Gasteiger partial charge in [0.1, 0.15) is 11.5 Å². The van der Waals surface area contributed by atoms with Gasteiger partial charge in [-0.1, -0.05) is 6.07 Å². The molecule has 1 aromatic heterocycles. The molecule has 2 aromatic carbocycles. The quantitative estimate of drug-likeness (QED) is 0.395. The number of hydrogen-bond donors (Lipinski definition) is 1. The molecular weight excluding hydrogens is 479 g/mol. The number of carbonyl (C=O) groups is 1. The lowest BCUT2D eigenvalue weighted by atomic mass is 10.1. The highest BCUT2D eigenvalue weighted by Gasteiger charge is 2.14. The van der Waals surface area contributed by atoms with E-state index in [1.807, 2.05) is 75.4 Å². The minimum Gasteiger partial charge on any atom is -0.457 e. The van der Waals surface area contributed by atoms with Crippen molar-refractivity contribution in [2.75, 3.05) is 11.9 Å². The normalized spacial score (nSPS) is 11.7. The van der Waals surface area contributed by atoms with Crippen molar-refractivity contribution >= 4 is 34.2 Å². The Bertz CT molecular complexity index is 990. The van der Waals surface area contributed by atoms with Crippen LogP contribution in [0.15, 0.2) is 60.7 Å². The number of pyridine rings is 1. The Morgan fingerprint density at radius 2 is 1.86 bits per heavy atom. The van der Waals surface area contributed by atoms with Crippen LogP contribution in [0.1, 0.15) is 41.7 Å². The zero-order valence-corrected chi connectivity index (χ0v) is 18.8. The number of rotatable bonds is 7. The van der Waals surface area contributed by atoms with E-state index in [-0.39, 0.29) is 12.0 Å². The van der Waals surface area contributed by atoms with Crippen LogP contribution in [0, 0.1) is 10.5 Å². The molecule has 5 nitrogen and oxygen atoms in total. The second-order valence-electron chi connectivity index (χ2n) is 6.50. The number of aromatic nitrogens is 1. The van der Waals surface area contributed by atoms with Crippen LogP contribution in [0.4, 0.5) is 5.69 Å². The number of aryl methyl sites for hydroxylation is 1. The molecule has 1 N–H and O–H groups in total. The highest BCUT2D eigenvalue weighted by atomic mass is 127. The predicted octanol–water partition coefficient (Wildman–Crippen LogP) is 6.14. The van der Waals surface area contributed by atoms with Gasteiger partial charge in [0, 0.05) is 15.9 Å². The molecule has 1 unspecified atom stereocenters. The van der Waals surface area contributed by atoms with E-state index < -0.39 is 0 Å². The van der Waals surface area contributed by atoms with Gasteiger partial charge < -0.3 is 14.8 Å². The summed E-state index contributed by atoms with van der Waals surface area (Å²) in [5, 5.41) is 2.91. The van der Waals surface area contributed by atoms with E-state index in [0.29, 0.717) is 29.3 Å². The third-order valence-corrected chi connectivity index (χ3v) is 5.00. The summed E-state index contributed by atoms with van der Waals surface area (Å²) in [5.41, 5.74) is 2.72. The highest BCUT2D eigenvalue weighted by Crippen LogP contribution is 2.25. The minimum absolute atomic E-state index is 0.101. The number of hydrogen-bond acceptors (Lipinski definition) is 4. The van der Waals surface area contributed by atoms with Crippen molar-refractivity contribution in [1.29, 1.82) is 0 Å². The summed E-state index contributed by atoms with van der Waals surface area (Å²) < 4.78 is 12.5. The zero-order chi connectivity index (χ0) is 20.8. The van der Waals surface area contributed by atoms with Crippen molar-refractivity contribution in [3.8, 4) is 11.5 Å². The van der Waals surface area contributed by atoms with Crippen LogP contribution in [-0.4, -0.2) is 17.5 Å². The maximum absolute atomic E-state index is 12.6. The highest BCUT2D eigenvalue weighted by molar-refractivity contribution is 14.1. The van der Waals surface area contributed by atoms with Crippen molar-refractivity contribution in [1.82, 2.24) is 4.98 Å². The number of anilines is 1. The van der Waals surface area contributed by atoms with Crippen molar-refractivity contribution in [2.45, 2.75) is 26.9 Å². The van der Waals surface area contributed by atoms with Gasteiger partial charge in [-0.3, -0.25) is 9.78 Å². The Balaban J connectivity index is 1.66. The molecule has 1 amide bonds. The molecule has 0 radical (unpaired) electrons. The average molecular weight is 502 g/mol. The first-order valence-corrected chi connectivity index (χ1v) is 10.5. The second-order valence-corrected chi connectivity index (χ2v) is 7.75. The summed E-state index contributed by atoms with van der Waals surface area (Å²) in [6, 6.07) is 18.7. The molecule has 1 atom stereocenters. The summed E-state index contributed by atoms with van der Waals surface area (Å²) in [5.74, 6) is 1.28. The van der Waals surface area contributed by atoms with E-state index in [4.69, 9.17) is 9.47 Å². The van der Waals surface area contributed by atoms with E-state index >= 15 is 0 Å². The fourth-order valence-corrected chi connectivity index (χ4v) is 3.37. The SMILES string of the molecule is CCOC(C)c1ccc(C(=O)Nc2ccc(Oc3cccc(I)c3)cc2)c(C)n1. The summed E-state index contributed by atoms with van der Waals surface area (Å²) >= 11 is 2.24. The van der Waals surface area contributed by atoms with Crippen molar-refractivity contribution < 1.29 is 14.3 Å². The van der Waals surface area contributed by atoms with Crippen LogP contribution < -0.4 is 10.1 Å². The molecule has 0 saturated carbocycles. The Labute approximate surface area is 184 Å². The molecule has 6 heteroatoms. The molecule has 0 bridgehead atoms. The Hall–Kier alpha value is -2.45. The maximum atomic E-state index is 12.6. The topological polar surface area (TPSA) is 60.5 Å². The first-order chi connectivity index (χ1) is 14.0. The number of benzene rings is 2. The van der Waals surface area contributed by atoms with Crippen LogP contribution in [-0.2, 0) is 4.74 Å². The number of halogens is 1. The lowest BCUT2D eigenvalue weighted by Gasteiger charge is -2.13. The molecule has 150 valence electrons. The van der Waals surface area contributed by atoms with Crippen LogP contribution in [0.3, 0.4) is 0 Å². The molecule has 0 fully saturated rings. The summed E-state index contributed by atoms with van der Waals surface area (Å²) in [6.45, 7) is 6.34. The number of amides is 1. The molecule has 0 aliphatic heterocycles. The summed E-state index contributed by atoms with van der Waals surface area (Å²) in [4.78, 5) is 17.2. The molecule has 0 aliphatic rings. The molecule has 3 aromatic rings. The number of ether oxygens (including phenoxy) is 2. The first kappa shape index (κ1) is 21.3. The maximum Gasteiger partial charge on any atom is 0.257 e. The van der Waals surface area contributed by atoms with Crippen LogP contribution in [0.5, 0.6) is 11.5 Å². The van der Waals surface area contributed by atoms with E-state index in [2.05, 4.69) is 32.9 Å². The summed E-state index contributed by atoms with van der Waals surface area (Å²) in [7, 11) is 0. The van der Waals surface area contributed by atoms with E-state index in [1.165, 1.54) is 0 Å². The fourth-order valence-electron chi connectivity index (χ4n) is 2.85. The predicted molar refractivity (Wildman–Crippen MR) is 123 cm³/mol. The van der Waals surface area contributed by atoms with E-state index in [1.54, 1.807) is 6.07 Å². The van der Waals surface area contributed by atoms with Crippen molar-refractivity contribution in [3.05, 3.63) is 81.2 Å². The minimum atomic E-state index is -0.197. The van der Waals surface area contributed by atoms with Gasteiger partial charge in [-0.05, 0) is 98.0 Å². The third kappa shape index (κ3) is 5.77. The van der Waals surface area contributed by atoms with Crippen LogP contribution >= 0.6 is 22.6 Å². The number of nitrogens with one attached hydrogen (secondary N) is 1. The van der Waals surface area contributed by atoms with Gasteiger partial charge >= 0.3 is 0 Å². The fraction of sp³-hybridized carbons (Fsp3) is 0.217. The number of nitrogens with zero attached hydrogens (tertiary/aromatic N) is 1. The molecule has 29 heavy (non-hydrogen) atoms. The van der Waals surface area contributed by atoms with Crippen molar-refractivity contribution in [3.63, 3.8) is 0 Å². The largest absolute Gasteiger partial charge is 0.457 e. The van der Waals surface area contributed by atoms with Gasteiger partial charge in [0.25, 0.3) is 5.91 Å². The van der Waals surface area contributed by atoms with Crippen molar-refractivity contribution in [2.24, 2.45) is 0 Å². The Morgan fingerprint density at radius 1 is 1.10 bits per heavy atom. The molecule has 0 spiro atoms. The molecule has 3 rings (SSSR count). The van der Waals surface area contributed by atoms with Gasteiger partial charge in [-0.15, -0.1) is 0 Å². The van der Waals surface area contributed by atoms with Gasteiger partial charge in [-0.25, -0.2) is 0 Å². The molecular formula is C23H23IN2O3. The number of carbonyl (C=O) groups excluding carboxylic acids is 1. The first-order valence-electron chi connectivity index (χ1n) is 9.40. The lowest BCUT2D eigenvalue weighted by Crippen LogP contribution is -2.15. The lowest BCUT2D eigenvalue weighted by molar-refractivity contribution is 0.0732. The Kier molecular flexibility index (Phi) is 7.22. The third-order valence-electron chi connectivity index (χ3n) is 4.33.